The summed E-state index contributed by atoms with van der Waals surface area (Å²) < 4.78 is 0. The van der Waals surface area contributed by atoms with Crippen LogP contribution in [-0.2, 0) is 0 Å². The maximum absolute atomic E-state index is 12.1. The van der Waals surface area contributed by atoms with Gasteiger partial charge in [-0.05, 0) is 25.0 Å². The molecule has 0 aliphatic rings. The van der Waals surface area contributed by atoms with Crippen molar-refractivity contribution in [3.05, 3.63) is 23.9 Å². The zero-order valence-electron chi connectivity index (χ0n) is 10.3. The first-order valence-electron chi connectivity index (χ1n) is 5.93. The summed E-state index contributed by atoms with van der Waals surface area (Å²) in [6.07, 6.45) is 3.60. The lowest BCUT2D eigenvalue weighted by atomic mass is 9.97. The molecule has 0 saturated carbocycles. The molecule has 0 saturated heterocycles. The smallest absolute Gasteiger partial charge is 0.169 e. The van der Waals surface area contributed by atoms with Crippen molar-refractivity contribution in [1.82, 2.24) is 4.98 Å². The third kappa shape index (κ3) is 3.05. The van der Waals surface area contributed by atoms with Gasteiger partial charge in [-0.15, -0.1) is 0 Å². The first-order chi connectivity index (χ1) is 7.70. The molecule has 1 aromatic rings. The number of carbonyl (C=O) groups excluding carboxylic acids is 1. The predicted octanol–water partition coefficient (Wildman–Crippen LogP) is 3.13. The number of carbonyl (C=O) groups is 1. The molecule has 3 heteroatoms. The van der Waals surface area contributed by atoms with Crippen LogP contribution in [0.5, 0.6) is 0 Å². The lowest BCUT2D eigenvalue weighted by Gasteiger charge is -2.12. The normalized spacial score (nSPS) is 12.2. The van der Waals surface area contributed by atoms with Crippen molar-refractivity contribution in [1.29, 1.82) is 0 Å². The Morgan fingerprint density at radius 2 is 2.25 bits per heavy atom. The Hall–Kier alpha value is -1.38. The number of hydrogen-bond acceptors (Lipinski definition) is 3. The minimum atomic E-state index is 0.0615. The molecule has 1 aromatic heterocycles. The highest BCUT2D eigenvalue weighted by Gasteiger charge is 2.17. The maximum Gasteiger partial charge on any atom is 0.169 e. The summed E-state index contributed by atoms with van der Waals surface area (Å²) in [5.41, 5.74) is 0.713. The van der Waals surface area contributed by atoms with E-state index in [1.807, 2.05) is 26.0 Å². The van der Waals surface area contributed by atoms with Crippen LogP contribution in [0.2, 0.25) is 0 Å². The number of anilines is 1. The topological polar surface area (TPSA) is 42.0 Å². The van der Waals surface area contributed by atoms with E-state index in [0.717, 1.165) is 25.2 Å². The summed E-state index contributed by atoms with van der Waals surface area (Å²) in [6, 6.07) is 3.66. The summed E-state index contributed by atoms with van der Waals surface area (Å²) in [5.74, 6) is 0.954. The number of rotatable bonds is 6. The highest BCUT2D eigenvalue weighted by atomic mass is 16.1. The van der Waals surface area contributed by atoms with Gasteiger partial charge in [-0.1, -0.05) is 20.8 Å². The van der Waals surface area contributed by atoms with Crippen molar-refractivity contribution in [3.8, 4) is 0 Å². The number of hydrogen-bond donors (Lipinski definition) is 1. The van der Waals surface area contributed by atoms with E-state index in [0.29, 0.717) is 5.56 Å². The molecule has 88 valence electrons. The van der Waals surface area contributed by atoms with Gasteiger partial charge < -0.3 is 5.32 Å². The molecule has 16 heavy (non-hydrogen) atoms. The molecule has 0 aliphatic carbocycles. The Labute approximate surface area is 97.3 Å². The van der Waals surface area contributed by atoms with Crippen molar-refractivity contribution in [2.45, 2.75) is 33.6 Å². The van der Waals surface area contributed by atoms with Crippen molar-refractivity contribution < 1.29 is 4.79 Å². The van der Waals surface area contributed by atoms with Gasteiger partial charge in [0.1, 0.15) is 5.82 Å². The van der Waals surface area contributed by atoms with E-state index in [-0.39, 0.29) is 11.7 Å². The molecule has 1 atom stereocenters. The number of ketones is 1. The van der Waals surface area contributed by atoms with Gasteiger partial charge in [-0.25, -0.2) is 4.98 Å². The quantitative estimate of drug-likeness (QED) is 0.749. The van der Waals surface area contributed by atoms with Crippen LogP contribution < -0.4 is 5.32 Å². The third-order valence-electron chi connectivity index (χ3n) is 2.68. The standard InChI is InChI=1S/C13H20N2O/c1-4-8-14-13-11(7-6-9-15-13)12(16)10(3)5-2/h6-7,9-10H,4-5,8H2,1-3H3,(H,14,15). The fourth-order valence-corrected chi connectivity index (χ4v) is 1.44. The predicted molar refractivity (Wildman–Crippen MR) is 66.8 cm³/mol. The molecule has 3 nitrogen and oxygen atoms in total. The van der Waals surface area contributed by atoms with Crippen molar-refractivity contribution >= 4 is 11.6 Å². The number of nitrogens with zero attached hydrogens (tertiary/aromatic N) is 1. The van der Waals surface area contributed by atoms with Gasteiger partial charge in [-0.3, -0.25) is 4.79 Å². The van der Waals surface area contributed by atoms with Crippen molar-refractivity contribution in [2.75, 3.05) is 11.9 Å². The van der Waals surface area contributed by atoms with Crippen LogP contribution in [0.3, 0.4) is 0 Å². The van der Waals surface area contributed by atoms with Gasteiger partial charge in [0, 0.05) is 18.7 Å². The summed E-state index contributed by atoms with van der Waals surface area (Å²) in [4.78, 5) is 16.3. The van der Waals surface area contributed by atoms with Gasteiger partial charge in [-0.2, -0.15) is 0 Å². The highest BCUT2D eigenvalue weighted by molar-refractivity contribution is 6.01. The van der Waals surface area contributed by atoms with E-state index >= 15 is 0 Å². The molecule has 1 N–H and O–H groups in total. The fourth-order valence-electron chi connectivity index (χ4n) is 1.44. The maximum atomic E-state index is 12.1. The molecule has 0 amide bonds. The Morgan fingerprint density at radius 3 is 2.88 bits per heavy atom. The molecule has 1 rings (SSSR count). The van der Waals surface area contributed by atoms with Gasteiger partial charge in [0.05, 0.1) is 5.56 Å². The number of nitrogens with one attached hydrogen (secondary N) is 1. The first-order valence-corrected chi connectivity index (χ1v) is 5.93. The van der Waals surface area contributed by atoms with Crippen LogP contribution in [-0.4, -0.2) is 17.3 Å². The first kappa shape index (κ1) is 12.7. The fraction of sp³-hybridized carbons (Fsp3) is 0.538. The summed E-state index contributed by atoms with van der Waals surface area (Å²) in [7, 11) is 0. The number of Topliss-reactive ketones (excluding diaryl/α,β-unsaturated/α-hetero) is 1. The molecule has 0 spiro atoms. The van der Waals surface area contributed by atoms with Crippen LogP contribution in [0.25, 0.3) is 0 Å². The SMILES string of the molecule is CCCNc1ncccc1C(=O)C(C)CC. The van der Waals surface area contributed by atoms with Crippen LogP contribution in [0, 0.1) is 5.92 Å². The Bertz CT molecular complexity index is 350. The molecular formula is C13H20N2O. The van der Waals surface area contributed by atoms with E-state index in [2.05, 4.69) is 17.2 Å². The second kappa shape index (κ2) is 6.26. The molecule has 0 aliphatic heterocycles. The second-order valence-corrected chi connectivity index (χ2v) is 4.00. The summed E-state index contributed by atoms with van der Waals surface area (Å²) in [5, 5.41) is 3.19. The Morgan fingerprint density at radius 1 is 1.50 bits per heavy atom. The van der Waals surface area contributed by atoms with Crippen LogP contribution in [0.1, 0.15) is 44.0 Å². The largest absolute Gasteiger partial charge is 0.369 e. The van der Waals surface area contributed by atoms with Crippen LogP contribution in [0.4, 0.5) is 5.82 Å². The monoisotopic (exact) mass is 220 g/mol. The average Bonchev–Trinajstić information content (AvgIpc) is 2.34. The number of aromatic nitrogens is 1. The second-order valence-electron chi connectivity index (χ2n) is 4.00. The lowest BCUT2D eigenvalue weighted by molar-refractivity contribution is 0.0928. The van der Waals surface area contributed by atoms with Crippen LogP contribution >= 0.6 is 0 Å². The zero-order chi connectivity index (χ0) is 12.0. The van der Waals surface area contributed by atoms with Crippen molar-refractivity contribution in [3.63, 3.8) is 0 Å². The lowest BCUT2D eigenvalue weighted by Crippen LogP contribution is -2.14. The van der Waals surface area contributed by atoms with Gasteiger partial charge in [0.2, 0.25) is 0 Å². The van der Waals surface area contributed by atoms with Gasteiger partial charge >= 0.3 is 0 Å². The minimum absolute atomic E-state index is 0.0615. The van der Waals surface area contributed by atoms with E-state index in [4.69, 9.17) is 0 Å². The van der Waals surface area contributed by atoms with E-state index in [1.54, 1.807) is 6.20 Å². The zero-order valence-corrected chi connectivity index (χ0v) is 10.3. The molecule has 0 fully saturated rings. The summed E-state index contributed by atoms with van der Waals surface area (Å²) >= 11 is 0. The third-order valence-corrected chi connectivity index (χ3v) is 2.68. The Balaban J connectivity index is 2.89. The molecule has 1 unspecified atom stereocenters. The minimum Gasteiger partial charge on any atom is -0.369 e. The van der Waals surface area contributed by atoms with Crippen LogP contribution in [0.15, 0.2) is 18.3 Å². The highest BCUT2D eigenvalue weighted by Crippen LogP contribution is 2.18. The van der Waals surface area contributed by atoms with E-state index < -0.39 is 0 Å². The van der Waals surface area contributed by atoms with E-state index in [9.17, 15) is 4.79 Å². The van der Waals surface area contributed by atoms with Crippen molar-refractivity contribution in [2.24, 2.45) is 5.92 Å². The molecule has 0 aromatic carbocycles. The average molecular weight is 220 g/mol. The van der Waals surface area contributed by atoms with Gasteiger partial charge in [0.25, 0.3) is 0 Å². The number of pyridine rings is 1. The van der Waals surface area contributed by atoms with Gasteiger partial charge in [0.15, 0.2) is 5.78 Å². The van der Waals surface area contributed by atoms with E-state index in [1.165, 1.54) is 0 Å². The molecule has 1 heterocycles. The molecule has 0 radical (unpaired) electrons. The molecular weight excluding hydrogens is 200 g/mol. The summed E-state index contributed by atoms with van der Waals surface area (Å²) in [6.45, 7) is 6.92. The molecule has 0 bridgehead atoms. The Kier molecular flexibility index (Phi) is 4.96.